The van der Waals surface area contributed by atoms with E-state index in [1.165, 1.54) is 6.42 Å². The standard InChI is InChI=1S/C9H16N4/c1-3-9(6-10-7-9)4-8-5-13(2)12-11-8/h5,10H,3-4,6-7H2,1-2H3. The minimum absolute atomic E-state index is 0.454. The second kappa shape index (κ2) is 3.10. The zero-order valence-corrected chi connectivity index (χ0v) is 8.25. The molecule has 0 bridgehead atoms. The van der Waals surface area contributed by atoms with Crippen molar-refractivity contribution in [3.63, 3.8) is 0 Å². The Labute approximate surface area is 78.3 Å². The summed E-state index contributed by atoms with van der Waals surface area (Å²) < 4.78 is 1.77. The van der Waals surface area contributed by atoms with Gasteiger partial charge in [-0.2, -0.15) is 0 Å². The van der Waals surface area contributed by atoms with Crippen molar-refractivity contribution in [2.45, 2.75) is 19.8 Å². The van der Waals surface area contributed by atoms with E-state index in [1.54, 1.807) is 4.68 Å². The molecule has 4 nitrogen and oxygen atoms in total. The Hall–Kier alpha value is -0.900. The van der Waals surface area contributed by atoms with Crippen molar-refractivity contribution < 1.29 is 0 Å². The molecule has 1 aromatic heterocycles. The van der Waals surface area contributed by atoms with Crippen molar-refractivity contribution in [3.05, 3.63) is 11.9 Å². The summed E-state index contributed by atoms with van der Waals surface area (Å²) in [4.78, 5) is 0. The number of aryl methyl sites for hydroxylation is 1. The maximum atomic E-state index is 4.12. The van der Waals surface area contributed by atoms with Crippen LogP contribution in [-0.2, 0) is 13.5 Å². The summed E-state index contributed by atoms with van der Waals surface area (Å²) in [7, 11) is 1.91. The van der Waals surface area contributed by atoms with Crippen LogP contribution in [-0.4, -0.2) is 28.1 Å². The summed E-state index contributed by atoms with van der Waals surface area (Å²) in [6.45, 7) is 4.50. The van der Waals surface area contributed by atoms with E-state index in [9.17, 15) is 0 Å². The van der Waals surface area contributed by atoms with Gasteiger partial charge in [0, 0.05) is 38.2 Å². The van der Waals surface area contributed by atoms with Crippen LogP contribution in [0.25, 0.3) is 0 Å². The lowest BCUT2D eigenvalue weighted by atomic mass is 9.75. The Bertz CT molecular complexity index is 282. The molecule has 13 heavy (non-hydrogen) atoms. The number of aromatic nitrogens is 3. The Morgan fingerprint density at radius 3 is 2.77 bits per heavy atom. The van der Waals surface area contributed by atoms with Gasteiger partial charge < -0.3 is 5.32 Å². The van der Waals surface area contributed by atoms with E-state index in [1.807, 2.05) is 13.2 Å². The largest absolute Gasteiger partial charge is 0.316 e. The van der Waals surface area contributed by atoms with Gasteiger partial charge in [-0.05, 0) is 6.42 Å². The molecule has 1 aliphatic rings. The van der Waals surface area contributed by atoms with Crippen molar-refractivity contribution in [2.24, 2.45) is 12.5 Å². The van der Waals surface area contributed by atoms with Crippen LogP contribution < -0.4 is 5.32 Å². The normalized spacial score (nSPS) is 19.8. The molecule has 0 atom stereocenters. The van der Waals surface area contributed by atoms with E-state index < -0.39 is 0 Å². The molecule has 1 aromatic rings. The summed E-state index contributed by atoms with van der Waals surface area (Å²) in [6.07, 6.45) is 4.29. The molecule has 2 rings (SSSR count). The molecule has 0 saturated carbocycles. The molecule has 1 saturated heterocycles. The monoisotopic (exact) mass is 180 g/mol. The number of hydrogen-bond acceptors (Lipinski definition) is 3. The van der Waals surface area contributed by atoms with Crippen LogP contribution >= 0.6 is 0 Å². The summed E-state index contributed by atoms with van der Waals surface area (Å²) in [5.74, 6) is 0. The van der Waals surface area contributed by atoms with Crippen LogP contribution in [0.1, 0.15) is 19.0 Å². The quantitative estimate of drug-likeness (QED) is 0.730. The third kappa shape index (κ3) is 1.58. The average Bonchev–Trinajstić information content (AvgIpc) is 2.44. The van der Waals surface area contributed by atoms with Gasteiger partial charge in [0.25, 0.3) is 0 Å². The average molecular weight is 180 g/mol. The van der Waals surface area contributed by atoms with Crippen LogP contribution in [0.2, 0.25) is 0 Å². The SMILES string of the molecule is CCC1(Cc2cn(C)nn2)CNC1. The molecule has 0 aromatic carbocycles. The second-order valence-corrected chi connectivity index (χ2v) is 4.02. The number of hydrogen-bond donors (Lipinski definition) is 1. The molecular formula is C9H16N4. The van der Waals surface area contributed by atoms with Crippen molar-refractivity contribution in [1.82, 2.24) is 20.3 Å². The van der Waals surface area contributed by atoms with E-state index in [2.05, 4.69) is 22.6 Å². The van der Waals surface area contributed by atoms with Crippen molar-refractivity contribution in [1.29, 1.82) is 0 Å². The summed E-state index contributed by atoms with van der Waals surface area (Å²) >= 11 is 0. The smallest absolute Gasteiger partial charge is 0.0833 e. The fourth-order valence-corrected chi connectivity index (χ4v) is 1.84. The van der Waals surface area contributed by atoms with Crippen LogP contribution in [0.5, 0.6) is 0 Å². The zero-order valence-electron chi connectivity index (χ0n) is 8.25. The minimum Gasteiger partial charge on any atom is -0.316 e. The van der Waals surface area contributed by atoms with Gasteiger partial charge in [-0.25, -0.2) is 0 Å². The molecule has 0 amide bonds. The zero-order chi connectivity index (χ0) is 9.31. The molecule has 1 N–H and O–H groups in total. The molecule has 72 valence electrons. The van der Waals surface area contributed by atoms with Crippen molar-refractivity contribution in [2.75, 3.05) is 13.1 Å². The molecule has 0 aliphatic carbocycles. The lowest BCUT2D eigenvalue weighted by Gasteiger charge is -2.41. The minimum atomic E-state index is 0.454. The fraction of sp³-hybridized carbons (Fsp3) is 0.778. The van der Waals surface area contributed by atoms with Gasteiger partial charge in [-0.15, -0.1) is 5.10 Å². The van der Waals surface area contributed by atoms with Gasteiger partial charge in [-0.3, -0.25) is 4.68 Å². The lowest BCUT2D eigenvalue weighted by Crippen LogP contribution is -2.54. The van der Waals surface area contributed by atoms with Gasteiger partial charge in [0.2, 0.25) is 0 Å². The van der Waals surface area contributed by atoms with Gasteiger partial charge >= 0.3 is 0 Å². The molecular weight excluding hydrogens is 164 g/mol. The molecule has 0 spiro atoms. The van der Waals surface area contributed by atoms with Gasteiger partial charge in [-0.1, -0.05) is 12.1 Å². The topological polar surface area (TPSA) is 42.7 Å². The molecule has 1 aliphatic heterocycles. The molecule has 4 heteroatoms. The van der Waals surface area contributed by atoms with E-state index >= 15 is 0 Å². The third-order valence-corrected chi connectivity index (χ3v) is 2.96. The van der Waals surface area contributed by atoms with Gasteiger partial charge in [0.1, 0.15) is 0 Å². The molecule has 0 radical (unpaired) electrons. The second-order valence-electron chi connectivity index (χ2n) is 4.02. The van der Waals surface area contributed by atoms with E-state index in [0.717, 1.165) is 25.2 Å². The van der Waals surface area contributed by atoms with Crippen LogP contribution in [0.15, 0.2) is 6.20 Å². The summed E-state index contributed by atoms with van der Waals surface area (Å²) in [5.41, 5.74) is 1.57. The predicted molar refractivity (Wildman–Crippen MR) is 50.3 cm³/mol. The Morgan fingerprint density at radius 1 is 1.62 bits per heavy atom. The van der Waals surface area contributed by atoms with Crippen LogP contribution in [0, 0.1) is 5.41 Å². The van der Waals surface area contributed by atoms with Crippen molar-refractivity contribution in [3.8, 4) is 0 Å². The molecule has 1 fully saturated rings. The lowest BCUT2D eigenvalue weighted by molar-refractivity contribution is 0.158. The number of rotatable bonds is 3. The van der Waals surface area contributed by atoms with Gasteiger partial charge in [0.15, 0.2) is 0 Å². The first-order valence-electron chi connectivity index (χ1n) is 4.80. The highest BCUT2D eigenvalue weighted by atomic mass is 15.4. The highest BCUT2D eigenvalue weighted by Crippen LogP contribution is 2.30. The first-order valence-corrected chi connectivity index (χ1v) is 4.80. The molecule has 2 heterocycles. The predicted octanol–water partition coefficient (Wildman–Crippen LogP) is 0.357. The van der Waals surface area contributed by atoms with E-state index in [0.29, 0.717) is 5.41 Å². The number of nitrogens with zero attached hydrogens (tertiary/aromatic N) is 3. The Balaban J connectivity index is 2.04. The molecule has 0 unspecified atom stereocenters. The number of nitrogens with one attached hydrogen (secondary N) is 1. The van der Waals surface area contributed by atoms with Crippen LogP contribution in [0.4, 0.5) is 0 Å². The van der Waals surface area contributed by atoms with E-state index in [-0.39, 0.29) is 0 Å². The summed E-state index contributed by atoms with van der Waals surface area (Å²) in [5, 5.41) is 11.4. The summed E-state index contributed by atoms with van der Waals surface area (Å²) in [6, 6.07) is 0. The van der Waals surface area contributed by atoms with Crippen molar-refractivity contribution >= 4 is 0 Å². The maximum Gasteiger partial charge on any atom is 0.0833 e. The van der Waals surface area contributed by atoms with Gasteiger partial charge in [0.05, 0.1) is 5.69 Å². The Kier molecular flexibility index (Phi) is 2.07. The first-order chi connectivity index (χ1) is 6.24. The van der Waals surface area contributed by atoms with E-state index in [4.69, 9.17) is 0 Å². The highest BCUT2D eigenvalue weighted by molar-refractivity contribution is 5.03. The van der Waals surface area contributed by atoms with Crippen LogP contribution in [0.3, 0.4) is 0 Å². The first kappa shape index (κ1) is 8.69. The Morgan fingerprint density at radius 2 is 2.38 bits per heavy atom. The highest BCUT2D eigenvalue weighted by Gasteiger charge is 2.35. The maximum absolute atomic E-state index is 4.12. The third-order valence-electron chi connectivity index (χ3n) is 2.96. The fourth-order valence-electron chi connectivity index (χ4n) is 1.84.